The molecule has 0 spiro atoms. The van der Waals surface area contributed by atoms with Crippen molar-refractivity contribution in [2.24, 2.45) is 5.73 Å². The van der Waals surface area contributed by atoms with Gasteiger partial charge in [-0.05, 0) is 31.2 Å². The van der Waals surface area contributed by atoms with Crippen LogP contribution in [0.5, 0.6) is 0 Å². The van der Waals surface area contributed by atoms with Gasteiger partial charge in [0, 0.05) is 5.56 Å². The van der Waals surface area contributed by atoms with E-state index in [1.807, 2.05) is 0 Å². The third-order valence-corrected chi connectivity index (χ3v) is 3.84. The Kier molecular flexibility index (Phi) is 4.99. The molecule has 1 atom stereocenters. The summed E-state index contributed by atoms with van der Waals surface area (Å²) < 4.78 is 23.5. The topological polar surface area (TPSA) is 118 Å². The van der Waals surface area contributed by atoms with Gasteiger partial charge in [0.05, 0.1) is 4.90 Å². The molecule has 0 heterocycles. The second-order valence-corrected chi connectivity index (χ2v) is 5.40. The Labute approximate surface area is 116 Å². The summed E-state index contributed by atoms with van der Waals surface area (Å²) in [5.41, 5.74) is 5.37. The zero-order valence-electron chi connectivity index (χ0n) is 10.4. The van der Waals surface area contributed by atoms with Gasteiger partial charge in [-0.1, -0.05) is 10.4 Å². The van der Waals surface area contributed by atoms with Crippen LogP contribution in [-0.2, 0) is 19.6 Å². The van der Waals surface area contributed by atoms with Crippen LogP contribution in [0.2, 0.25) is 0 Å². The summed E-state index contributed by atoms with van der Waals surface area (Å²) >= 11 is 0. The third-order valence-electron chi connectivity index (χ3n) is 2.27. The summed E-state index contributed by atoms with van der Waals surface area (Å²) in [6.07, 6.45) is 1.06. The van der Waals surface area contributed by atoms with Gasteiger partial charge >= 0.3 is 0 Å². The number of amides is 1. The normalized spacial score (nSPS) is 12.3. The maximum absolute atomic E-state index is 12.0. The minimum Gasteiger partial charge on any atom is -0.368 e. The Balaban J connectivity index is 3.17. The van der Waals surface area contributed by atoms with Crippen LogP contribution in [0.25, 0.3) is 0 Å². The Morgan fingerprint density at radius 1 is 1.35 bits per heavy atom. The summed E-state index contributed by atoms with van der Waals surface area (Å²) in [5, 5.41) is 9.49. The van der Waals surface area contributed by atoms with Crippen molar-refractivity contribution in [1.82, 2.24) is 4.47 Å². The lowest BCUT2D eigenvalue weighted by Gasteiger charge is -2.17. The van der Waals surface area contributed by atoms with E-state index in [1.165, 1.54) is 24.3 Å². The highest BCUT2D eigenvalue weighted by atomic mass is 32.2. The van der Waals surface area contributed by atoms with Gasteiger partial charge in [0.15, 0.2) is 6.04 Å². The lowest BCUT2D eigenvalue weighted by Crippen LogP contribution is -2.46. The molecule has 3 N–H and O–H groups in total. The molecule has 1 aromatic carbocycles. The summed E-state index contributed by atoms with van der Waals surface area (Å²) in [6.45, 7) is 1.62. The molecule has 1 amide bonds. The predicted molar refractivity (Wildman–Crippen MR) is 68.5 cm³/mol. The van der Waals surface area contributed by atoms with Crippen molar-refractivity contribution in [2.45, 2.75) is 17.9 Å². The fraction of sp³-hybridized carbons (Fsp3) is 0.167. The van der Waals surface area contributed by atoms with Crippen LogP contribution in [-0.4, -0.2) is 36.3 Å². The van der Waals surface area contributed by atoms with E-state index in [1.54, 1.807) is 6.92 Å². The van der Waals surface area contributed by atoms with Crippen molar-refractivity contribution in [3.05, 3.63) is 29.8 Å². The van der Waals surface area contributed by atoms with Crippen LogP contribution in [0.3, 0.4) is 0 Å². The molecule has 0 unspecified atom stereocenters. The van der Waals surface area contributed by atoms with Crippen molar-refractivity contribution in [2.75, 3.05) is 0 Å². The SMILES string of the molecule is CC#Cc1ccc(S(=O)(=O)N(O)[C@@H]([C]=O)C(N)=O)cc1. The molecule has 8 heteroatoms. The zero-order valence-corrected chi connectivity index (χ0v) is 11.2. The Hall–Kier alpha value is -2.21. The highest BCUT2D eigenvalue weighted by Gasteiger charge is 2.34. The highest BCUT2D eigenvalue weighted by molar-refractivity contribution is 7.89. The predicted octanol–water partition coefficient (Wildman–Crippen LogP) is -0.599. The van der Waals surface area contributed by atoms with Crippen molar-refractivity contribution in [3.63, 3.8) is 0 Å². The summed E-state index contributed by atoms with van der Waals surface area (Å²) in [7, 11) is -4.45. The molecule has 0 saturated heterocycles. The first kappa shape index (κ1) is 15.8. The van der Waals surface area contributed by atoms with Gasteiger partial charge in [-0.2, -0.15) is 0 Å². The minimum atomic E-state index is -4.45. The van der Waals surface area contributed by atoms with Crippen LogP contribution in [0, 0.1) is 11.8 Å². The maximum atomic E-state index is 12.0. The van der Waals surface area contributed by atoms with E-state index in [-0.39, 0.29) is 4.90 Å². The molecule has 0 aliphatic carbocycles. The number of primary amides is 1. The fourth-order valence-corrected chi connectivity index (χ4v) is 2.43. The lowest BCUT2D eigenvalue weighted by molar-refractivity contribution is -0.126. The average molecular weight is 295 g/mol. The summed E-state index contributed by atoms with van der Waals surface area (Å²) in [4.78, 5) is 21.0. The van der Waals surface area contributed by atoms with Crippen molar-refractivity contribution in [1.29, 1.82) is 0 Å². The van der Waals surface area contributed by atoms with Crippen molar-refractivity contribution >= 4 is 22.2 Å². The quantitative estimate of drug-likeness (QED) is 0.427. The van der Waals surface area contributed by atoms with Gasteiger partial charge in [0.25, 0.3) is 10.0 Å². The van der Waals surface area contributed by atoms with Crippen molar-refractivity contribution in [3.8, 4) is 11.8 Å². The summed E-state index contributed by atoms with van der Waals surface area (Å²) in [5.74, 6) is 4.01. The minimum absolute atomic E-state index is 0.317. The van der Waals surface area contributed by atoms with Gasteiger partial charge in [0.1, 0.15) is 0 Å². The molecule has 0 bridgehead atoms. The first-order valence-electron chi connectivity index (χ1n) is 5.27. The maximum Gasteiger partial charge on any atom is 0.266 e. The number of hydrogen-bond donors (Lipinski definition) is 2. The monoisotopic (exact) mass is 295 g/mol. The second-order valence-electron chi connectivity index (χ2n) is 3.60. The van der Waals surface area contributed by atoms with Crippen molar-refractivity contribution < 1.29 is 23.2 Å². The second kappa shape index (κ2) is 6.29. The number of sulfonamides is 1. The molecule has 1 radical (unpaired) electrons. The number of benzene rings is 1. The Morgan fingerprint density at radius 2 is 1.90 bits per heavy atom. The molecular formula is C12H11N2O5S. The number of hydroxylamine groups is 1. The first-order valence-corrected chi connectivity index (χ1v) is 6.71. The van der Waals surface area contributed by atoms with Gasteiger partial charge < -0.3 is 5.73 Å². The molecule has 0 aliphatic rings. The van der Waals surface area contributed by atoms with Crippen LogP contribution in [0.4, 0.5) is 0 Å². The third kappa shape index (κ3) is 3.21. The van der Waals surface area contributed by atoms with Crippen LogP contribution in [0.15, 0.2) is 29.2 Å². The highest BCUT2D eigenvalue weighted by Crippen LogP contribution is 2.16. The number of rotatable bonds is 5. The molecule has 1 aromatic rings. The number of carbonyl (C=O) groups excluding carboxylic acids is 2. The summed E-state index contributed by atoms with van der Waals surface area (Å²) in [6, 6.07) is 3.10. The molecular weight excluding hydrogens is 284 g/mol. The van der Waals surface area contributed by atoms with Crippen LogP contribution >= 0.6 is 0 Å². The number of hydrogen-bond acceptors (Lipinski definition) is 5. The van der Waals surface area contributed by atoms with Gasteiger partial charge in [-0.15, -0.1) is 5.92 Å². The molecule has 0 fully saturated rings. The smallest absolute Gasteiger partial charge is 0.266 e. The molecule has 20 heavy (non-hydrogen) atoms. The fourth-order valence-electron chi connectivity index (χ4n) is 1.31. The first-order chi connectivity index (χ1) is 9.34. The number of nitrogens with zero attached hydrogens (tertiary/aromatic N) is 1. The van der Waals surface area contributed by atoms with Crippen LogP contribution in [0.1, 0.15) is 12.5 Å². The van der Waals surface area contributed by atoms with E-state index in [4.69, 9.17) is 5.73 Å². The average Bonchev–Trinajstić information content (AvgIpc) is 2.40. The largest absolute Gasteiger partial charge is 0.368 e. The molecule has 105 valence electrons. The molecule has 0 saturated carbocycles. The Bertz CT molecular complexity index is 670. The van der Waals surface area contributed by atoms with Gasteiger partial charge in [0.2, 0.25) is 12.2 Å². The van der Waals surface area contributed by atoms with Gasteiger partial charge in [-0.25, -0.2) is 8.42 Å². The van der Waals surface area contributed by atoms with E-state index in [0.29, 0.717) is 5.56 Å². The van der Waals surface area contributed by atoms with E-state index < -0.39 is 26.4 Å². The lowest BCUT2D eigenvalue weighted by atomic mass is 10.2. The van der Waals surface area contributed by atoms with E-state index >= 15 is 0 Å². The standard InChI is InChI=1S/C12H11N2O5S/c1-2-3-9-4-6-10(7-5-9)20(18,19)14(17)11(8-15)12(13)16/h4-7,11,17H,1H3,(H2,13,16)/t11-/m0/s1. The number of carbonyl (C=O) groups is 1. The number of nitrogens with two attached hydrogens (primary N) is 1. The van der Waals surface area contributed by atoms with Gasteiger partial charge in [-0.3, -0.25) is 14.8 Å². The molecule has 1 rings (SSSR count). The van der Waals surface area contributed by atoms with E-state index in [9.17, 15) is 23.2 Å². The Morgan fingerprint density at radius 3 is 2.30 bits per heavy atom. The molecule has 0 aliphatic heterocycles. The molecule has 0 aromatic heterocycles. The van der Waals surface area contributed by atoms with E-state index in [2.05, 4.69) is 11.8 Å². The zero-order chi connectivity index (χ0) is 15.3. The molecule has 7 nitrogen and oxygen atoms in total. The van der Waals surface area contributed by atoms with E-state index in [0.717, 1.165) is 6.29 Å². The van der Waals surface area contributed by atoms with Crippen LogP contribution < -0.4 is 5.73 Å².